The van der Waals surface area contributed by atoms with E-state index in [1.807, 2.05) is 99.6 Å². The van der Waals surface area contributed by atoms with Gasteiger partial charge in [0.2, 0.25) is 17.7 Å². The Balaban J connectivity index is 1.97. The Morgan fingerprint density at radius 2 is 1.32 bits per heavy atom. The minimum absolute atomic E-state index is 0.143. The lowest BCUT2D eigenvalue weighted by Crippen LogP contribution is -2.56. The van der Waals surface area contributed by atoms with Crippen molar-refractivity contribution in [2.45, 2.75) is 50.7 Å². The number of benzene rings is 3. The third-order valence-electron chi connectivity index (χ3n) is 7.88. The molecule has 0 aliphatic heterocycles. The Hall–Kier alpha value is -4.01. The molecule has 0 aliphatic carbocycles. The average molecular weight is 600 g/mol. The van der Waals surface area contributed by atoms with Gasteiger partial charge in [0.05, 0.1) is 0 Å². The molecule has 0 radical (unpaired) electrons. The molecule has 44 heavy (non-hydrogen) atoms. The summed E-state index contributed by atoms with van der Waals surface area (Å²) >= 11 is 0. The highest BCUT2D eigenvalue weighted by Gasteiger charge is 2.36. The van der Waals surface area contributed by atoms with Crippen LogP contribution in [0.15, 0.2) is 84.9 Å². The Labute approximate surface area is 263 Å². The molecule has 0 unspecified atom stereocenters. The highest BCUT2D eigenvalue weighted by Crippen LogP contribution is 2.20. The standard InChI is InChI=1S/C36H49N5O3/c1-36(2,37)21-13-18-33(42)40(6)32(26-28-19-20-29-16-11-12-17-30(29)24-28)35(44)41(7)31(25-27-14-9-8-10-15-27)34(43)39(5)23-22-38(3)4/h8-20,24,31-32H,21-23,25-26,37H2,1-7H3/t31-,32-/m1/s1. The highest BCUT2D eigenvalue weighted by molar-refractivity contribution is 5.95. The second-order valence-corrected chi connectivity index (χ2v) is 12.7. The Kier molecular flexibility index (Phi) is 12.3. The zero-order chi connectivity index (χ0) is 32.4. The Morgan fingerprint density at radius 1 is 0.727 bits per heavy atom. The summed E-state index contributed by atoms with van der Waals surface area (Å²) in [4.78, 5) is 48.4. The molecule has 8 heteroatoms. The molecule has 0 saturated carbocycles. The molecule has 0 bridgehead atoms. The van der Waals surface area contributed by atoms with E-state index in [1.165, 1.54) is 15.9 Å². The van der Waals surface area contributed by atoms with E-state index in [9.17, 15) is 14.4 Å². The molecule has 3 amide bonds. The van der Waals surface area contributed by atoms with E-state index < -0.39 is 17.6 Å². The molecule has 0 fully saturated rings. The molecule has 0 aromatic heterocycles. The first-order valence-corrected chi connectivity index (χ1v) is 15.2. The maximum absolute atomic E-state index is 14.4. The van der Waals surface area contributed by atoms with E-state index in [0.717, 1.165) is 21.9 Å². The number of likely N-dealkylation sites (N-methyl/N-ethyl adjacent to an activating group) is 4. The van der Waals surface area contributed by atoms with Crippen LogP contribution < -0.4 is 5.73 Å². The van der Waals surface area contributed by atoms with Crippen LogP contribution in [0.4, 0.5) is 0 Å². The number of hydrogen-bond donors (Lipinski definition) is 1. The number of rotatable bonds is 14. The fourth-order valence-corrected chi connectivity index (χ4v) is 5.04. The van der Waals surface area contributed by atoms with Gasteiger partial charge in [0.15, 0.2) is 0 Å². The van der Waals surface area contributed by atoms with Crippen LogP contribution in [0.3, 0.4) is 0 Å². The van der Waals surface area contributed by atoms with Crippen LogP contribution in [0.2, 0.25) is 0 Å². The zero-order valence-electron chi connectivity index (χ0n) is 27.4. The van der Waals surface area contributed by atoms with Crippen LogP contribution >= 0.6 is 0 Å². The maximum Gasteiger partial charge on any atom is 0.246 e. The van der Waals surface area contributed by atoms with Crippen LogP contribution in [0.1, 0.15) is 31.4 Å². The lowest BCUT2D eigenvalue weighted by molar-refractivity contribution is -0.148. The van der Waals surface area contributed by atoms with E-state index in [2.05, 4.69) is 6.07 Å². The lowest BCUT2D eigenvalue weighted by atomic mass is 9.98. The predicted octanol–water partition coefficient (Wildman–Crippen LogP) is 3.98. The second-order valence-electron chi connectivity index (χ2n) is 12.7. The van der Waals surface area contributed by atoms with Crippen molar-refractivity contribution in [3.63, 3.8) is 0 Å². The summed E-state index contributed by atoms with van der Waals surface area (Å²) < 4.78 is 0. The molecular formula is C36H49N5O3. The quantitative estimate of drug-likeness (QED) is 0.283. The minimum Gasteiger partial charge on any atom is -0.343 e. The van der Waals surface area contributed by atoms with Crippen LogP contribution in [0.5, 0.6) is 0 Å². The van der Waals surface area contributed by atoms with Gasteiger partial charge in [0, 0.05) is 52.6 Å². The van der Waals surface area contributed by atoms with Crippen molar-refractivity contribution in [3.05, 3.63) is 96.1 Å². The van der Waals surface area contributed by atoms with Crippen LogP contribution in [-0.2, 0) is 27.2 Å². The molecule has 2 N–H and O–H groups in total. The monoisotopic (exact) mass is 599 g/mol. The first-order chi connectivity index (χ1) is 20.8. The van der Waals surface area contributed by atoms with Gasteiger partial charge in [-0.15, -0.1) is 0 Å². The Bertz CT molecular complexity index is 1430. The summed E-state index contributed by atoms with van der Waals surface area (Å²) in [7, 11) is 9.01. The van der Waals surface area contributed by atoms with E-state index >= 15 is 0 Å². The molecule has 8 nitrogen and oxygen atoms in total. The number of carbonyl (C=O) groups is 3. The molecule has 0 spiro atoms. The molecule has 0 saturated heterocycles. The van der Waals surface area contributed by atoms with Gasteiger partial charge in [-0.3, -0.25) is 14.4 Å². The zero-order valence-corrected chi connectivity index (χ0v) is 27.4. The largest absolute Gasteiger partial charge is 0.343 e. The molecule has 0 heterocycles. The van der Waals surface area contributed by atoms with Crippen molar-refractivity contribution in [2.75, 3.05) is 48.3 Å². The molecular weight excluding hydrogens is 550 g/mol. The average Bonchev–Trinajstić information content (AvgIpc) is 2.99. The van der Waals surface area contributed by atoms with Gasteiger partial charge in [-0.25, -0.2) is 0 Å². The second kappa shape index (κ2) is 15.6. The summed E-state index contributed by atoms with van der Waals surface area (Å²) in [5.41, 5.74) is 7.53. The van der Waals surface area contributed by atoms with E-state index in [1.54, 1.807) is 32.1 Å². The summed E-state index contributed by atoms with van der Waals surface area (Å²) in [6.45, 7) is 5.02. The van der Waals surface area contributed by atoms with Gasteiger partial charge in [-0.05, 0) is 62.3 Å². The van der Waals surface area contributed by atoms with Gasteiger partial charge in [0.1, 0.15) is 12.1 Å². The first kappa shape index (κ1) is 34.5. The molecule has 3 aromatic rings. The number of hydrogen-bond acceptors (Lipinski definition) is 5. The van der Waals surface area contributed by atoms with Gasteiger partial charge in [-0.2, -0.15) is 0 Å². The first-order valence-electron chi connectivity index (χ1n) is 15.2. The molecule has 0 aliphatic rings. The highest BCUT2D eigenvalue weighted by atomic mass is 16.2. The number of nitrogens with zero attached hydrogens (tertiary/aromatic N) is 4. The lowest BCUT2D eigenvalue weighted by Gasteiger charge is -2.36. The van der Waals surface area contributed by atoms with E-state index in [-0.39, 0.29) is 17.7 Å². The van der Waals surface area contributed by atoms with Gasteiger partial charge < -0.3 is 25.3 Å². The fraction of sp³-hybridized carbons (Fsp3) is 0.417. The number of amides is 3. The minimum atomic E-state index is -0.831. The van der Waals surface area contributed by atoms with E-state index in [4.69, 9.17) is 5.73 Å². The van der Waals surface area contributed by atoms with Crippen molar-refractivity contribution >= 4 is 28.5 Å². The van der Waals surface area contributed by atoms with Crippen molar-refractivity contribution in [2.24, 2.45) is 5.73 Å². The van der Waals surface area contributed by atoms with Crippen molar-refractivity contribution in [3.8, 4) is 0 Å². The number of carbonyl (C=O) groups excluding carboxylic acids is 3. The third-order valence-corrected chi connectivity index (χ3v) is 7.88. The third kappa shape index (κ3) is 10.0. The predicted molar refractivity (Wildman–Crippen MR) is 179 cm³/mol. The van der Waals surface area contributed by atoms with Gasteiger partial charge in [0.25, 0.3) is 0 Å². The summed E-state index contributed by atoms with van der Waals surface area (Å²) in [6.07, 6.45) is 4.41. The van der Waals surface area contributed by atoms with Crippen LogP contribution in [0, 0.1) is 0 Å². The number of nitrogens with two attached hydrogens (primary N) is 1. The SMILES string of the molecule is CN(C)CCN(C)C(=O)[C@@H](Cc1ccccc1)N(C)C(=O)[C@@H](Cc1ccc2ccccc2c1)N(C)C(=O)C=CCC(C)(C)N. The molecule has 3 aromatic carbocycles. The molecule has 236 valence electrons. The Morgan fingerprint density at radius 3 is 1.95 bits per heavy atom. The van der Waals surface area contributed by atoms with Crippen molar-refractivity contribution in [1.29, 1.82) is 0 Å². The topological polar surface area (TPSA) is 90.2 Å². The number of fused-ring (bicyclic) bond motifs is 1. The van der Waals surface area contributed by atoms with Crippen LogP contribution in [-0.4, -0.2) is 103 Å². The smallest absolute Gasteiger partial charge is 0.246 e. The van der Waals surface area contributed by atoms with Gasteiger partial charge >= 0.3 is 0 Å². The van der Waals surface area contributed by atoms with Crippen molar-refractivity contribution in [1.82, 2.24) is 19.6 Å². The fourth-order valence-electron chi connectivity index (χ4n) is 5.04. The van der Waals surface area contributed by atoms with Crippen molar-refractivity contribution < 1.29 is 14.4 Å². The van der Waals surface area contributed by atoms with Crippen LogP contribution in [0.25, 0.3) is 10.8 Å². The van der Waals surface area contributed by atoms with Gasteiger partial charge in [-0.1, -0.05) is 78.9 Å². The van der Waals surface area contributed by atoms with E-state index in [0.29, 0.717) is 32.4 Å². The summed E-state index contributed by atoms with van der Waals surface area (Å²) in [6, 6.07) is 22.3. The molecule has 2 atom stereocenters. The summed E-state index contributed by atoms with van der Waals surface area (Å²) in [5.74, 6) is -0.734. The summed E-state index contributed by atoms with van der Waals surface area (Å²) in [5, 5.41) is 2.16. The molecule has 3 rings (SSSR count). The maximum atomic E-state index is 14.4. The normalized spacial score (nSPS) is 13.2.